The van der Waals surface area contributed by atoms with Gasteiger partial charge in [0.2, 0.25) is 18.0 Å². The molecule has 28 heavy (non-hydrogen) atoms. The van der Waals surface area contributed by atoms with Crippen LogP contribution in [0.25, 0.3) is 0 Å². The maximum Gasteiger partial charge on any atom is 0.308 e. The van der Waals surface area contributed by atoms with Crippen molar-refractivity contribution in [3.63, 3.8) is 0 Å². The van der Waals surface area contributed by atoms with Crippen LogP contribution in [-0.2, 0) is 14.3 Å². The summed E-state index contributed by atoms with van der Waals surface area (Å²) < 4.78 is 21.5. The summed E-state index contributed by atoms with van der Waals surface area (Å²) >= 11 is 0. The summed E-state index contributed by atoms with van der Waals surface area (Å²) in [4.78, 5) is 23.5. The van der Waals surface area contributed by atoms with Gasteiger partial charge in [-0.2, -0.15) is 5.01 Å². The molecule has 2 aromatic carbocycles. The maximum absolute atomic E-state index is 12.1. The van der Waals surface area contributed by atoms with Gasteiger partial charge in [0.15, 0.2) is 11.5 Å². The molecule has 3 rings (SSSR count). The predicted molar refractivity (Wildman–Crippen MR) is 100 cm³/mol. The Morgan fingerprint density at radius 1 is 1.00 bits per heavy atom. The van der Waals surface area contributed by atoms with Gasteiger partial charge in [0.25, 0.3) is 0 Å². The molecule has 146 valence electrons. The second kappa shape index (κ2) is 7.99. The van der Waals surface area contributed by atoms with E-state index in [0.717, 1.165) is 0 Å². The lowest BCUT2D eigenvalue weighted by atomic mass is 10.1. The van der Waals surface area contributed by atoms with E-state index in [0.29, 0.717) is 28.5 Å². The number of carbonyl (C=O) groups excluding carboxylic acids is 2. The topological polar surface area (TPSA) is 86.7 Å². The number of rotatable bonds is 5. The third-order valence-electron chi connectivity index (χ3n) is 4.03. The number of nitrogens with zero attached hydrogens (tertiary/aromatic N) is 2. The molecule has 1 heterocycles. The fraction of sp³-hybridized carbons (Fsp3) is 0.250. The summed E-state index contributed by atoms with van der Waals surface area (Å²) in [6, 6.07) is 12.1. The molecular formula is C20H20N2O6. The first-order valence-corrected chi connectivity index (χ1v) is 8.48. The third-order valence-corrected chi connectivity index (χ3v) is 4.03. The van der Waals surface area contributed by atoms with E-state index in [2.05, 4.69) is 5.10 Å². The minimum Gasteiger partial charge on any atom is -0.497 e. The highest BCUT2D eigenvalue weighted by Gasteiger charge is 2.33. The van der Waals surface area contributed by atoms with Crippen molar-refractivity contribution in [1.82, 2.24) is 5.01 Å². The van der Waals surface area contributed by atoms with Crippen molar-refractivity contribution < 1.29 is 28.5 Å². The SMILES string of the molecule is COc1ccc(C2=NN(C(C)=O)C(c3ccc(OC)c(OC(C)=O)c3)O2)cc1. The molecule has 0 bridgehead atoms. The van der Waals surface area contributed by atoms with Crippen molar-refractivity contribution in [3.8, 4) is 17.2 Å². The molecule has 0 aliphatic carbocycles. The lowest BCUT2D eigenvalue weighted by molar-refractivity contribution is -0.135. The molecule has 0 aromatic heterocycles. The first kappa shape index (κ1) is 19.2. The molecule has 8 heteroatoms. The lowest BCUT2D eigenvalue weighted by Crippen LogP contribution is -2.25. The number of carbonyl (C=O) groups is 2. The molecule has 1 atom stereocenters. The van der Waals surface area contributed by atoms with Crippen LogP contribution in [0, 0.1) is 0 Å². The Morgan fingerprint density at radius 2 is 1.71 bits per heavy atom. The van der Waals surface area contributed by atoms with E-state index in [-0.39, 0.29) is 11.7 Å². The number of ether oxygens (including phenoxy) is 4. The second-order valence-electron chi connectivity index (χ2n) is 5.97. The fourth-order valence-corrected chi connectivity index (χ4v) is 2.72. The average molecular weight is 384 g/mol. The van der Waals surface area contributed by atoms with Gasteiger partial charge < -0.3 is 18.9 Å². The number of amides is 1. The van der Waals surface area contributed by atoms with Crippen LogP contribution in [-0.4, -0.2) is 37.0 Å². The van der Waals surface area contributed by atoms with E-state index in [1.165, 1.54) is 26.0 Å². The number of benzene rings is 2. The number of hydrogen-bond acceptors (Lipinski definition) is 7. The Hall–Kier alpha value is -3.55. The molecule has 1 amide bonds. The fourth-order valence-electron chi connectivity index (χ4n) is 2.72. The van der Waals surface area contributed by atoms with Crippen molar-refractivity contribution >= 4 is 17.8 Å². The van der Waals surface area contributed by atoms with Crippen LogP contribution in [0.3, 0.4) is 0 Å². The second-order valence-corrected chi connectivity index (χ2v) is 5.97. The molecule has 1 aliphatic heterocycles. The minimum absolute atomic E-state index is 0.234. The molecule has 0 N–H and O–H groups in total. The van der Waals surface area contributed by atoms with Gasteiger partial charge in [-0.3, -0.25) is 9.59 Å². The molecule has 0 spiro atoms. The Balaban J connectivity index is 1.93. The molecule has 0 saturated carbocycles. The zero-order valence-electron chi connectivity index (χ0n) is 16.0. The van der Waals surface area contributed by atoms with E-state index >= 15 is 0 Å². The van der Waals surface area contributed by atoms with Crippen LogP contribution in [0.4, 0.5) is 0 Å². The Morgan fingerprint density at radius 3 is 2.29 bits per heavy atom. The molecule has 8 nitrogen and oxygen atoms in total. The smallest absolute Gasteiger partial charge is 0.308 e. The van der Waals surface area contributed by atoms with Gasteiger partial charge in [-0.05, 0) is 42.5 Å². The zero-order valence-corrected chi connectivity index (χ0v) is 16.0. The molecule has 1 aliphatic rings. The van der Waals surface area contributed by atoms with Crippen molar-refractivity contribution in [2.24, 2.45) is 5.10 Å². The van der Waals surface area contributed by atoms with E-state index < -0.39 is 12.2 Å². The van der Waals surface area contributed by atoms with Crippen LogP contribution >= 0.6 is 0 Å². The monoisotopic (exact) mass is 384 g/mol. The highest BCUT2D eigenvalue weighted by atomic mass is 16.6. The maximum atomic E-state index is 12.1. The first-order valence-electron chi connectivity index (χ1n) is 8.48. The van der Waals surface area contributed by atoms with Gasteiger partial charge in [0, 0.05) is 25.0 Å². The average Bonchev–Trinajstić information content (AvgIpc) is 3.13. The molecule has 1 unspecified atom stereocenters. The van der Waals surface area contributed by atoms with Crippen LogP contribution in [0.1, 0.15) is 31.2 Å². The van der Waals surface area contributed by atoms with Gasteiger partial charge in [0.05, 0.1) is 14.2 Å². The first-order chi connectivity index (χ1) is 13.4. The normalized spacial score (nSPS) is 15.5. The summed E-state index contributed by atoms with van der Waals surface area (Å²) in [5.74, 6) is 0.844. The molecule has 2 aromatic rings. The van der Waals surface area contributed by atoms with Crippen molar-refractivity contribution in [1.29, 1.82) is 0 Å². The van der Waals surface area contributed by atoms with Crippen molar-refractivity contribution in [3.05, 3.63) is 53.6 Å². The van der Waals surface area contributed by atoms with Gasteiger partial charge in [0.1, 0.15) is 5.75 Å². The van der Waals surface area contributed by atoms with E-state index in [4.69, 9.17) is 18.9 Å². The number of hydrazone groups is 1. The largest absolute Gasteiger partial charge is 0.497 e. The number of esters is 1. The van der Waals surface area contributed by atoms with Crippen LogP contribution in [0.5, 0.6) is 17.2 Å². The minimum atomic E-state index is -0.796. The highest BCUT2D eigenvalue weighted by molar-refractivity contribution is 5.96. The highest BCUT2D eigenvalue weighted by Crippen LogP contribution is 2.36. The predicted octanol–water partition coefficient (Wildman–Crippen LogP) is 2.87. The Kier molecular flexibility index (Phi) is 5.49. The van der Waals surface area contributed by atoms with Crippen LogP contribution in [0.2, 0.25) is 0 Å². The summed E-state index contributed by atoms with van der Waals surface area (Å²) in [6.45, 7) is 2.69. The summed E-state index contributed by atoms with van der Waals surface area (Å²) in [6.07, 6.45) is -0.796. The van der Waals surface area contributed by atoms with Gasteiger partial charge in [-0.15, -0.1) is 5.10 Å². The van der Waals surface area contributed by atoms with Crippen molar-refractivity contribution in [2.75, 3.05) is 14.2 Å². The standard InChI is InChI=1S/C20H20N2O6/c1-12(23)22-20(15-7-10-17(26-4)18(11-15)27-13(2)24)28-19(21-22)14-5-8-16(25-3)9-6-14/h5-11,20H,1-4H3. The Bertz CT molecular complexity index is 923. The third kappa shape index (κ3) is 3.90. The molecule has 0 fully saturated rings. The molecule has 0 radical (unpaired) electrons. The van der Waals surface area contributed by atoms with E-state index in [1.54, 1.807) is 49.6 Å². The van der Waals surface area contributed by atoms with Gasteiger partial charge >= 0.3 is 5.97 Å². The lowest BCUT2D eigenvalue weighted by Gasteiger charge is -2.20. The van der Waals surface area contributed by atoms with Crippen molar-refractivity contribution in [2.45, 2.75) is 20.1 Å². The number of hydrogen-bond donors (Lipinski definition) is 0. The Labute approximate surface area is 162 Å². The van der Waals surface area contributed by atoms with Gasteiger partial charge in [-0.25, -0.2) is 0 Å². The number of methoxy groups -OCH3 is 2. The summed E-state index contributed by atoms with van der Waals surface area (Å²) in [5, 5.41) is 5.54. The summed E-state index contributed by atoms with van der Waals surface area (Å²) in [5.41, 5.74) is 1.28. The van der Waals surface area contributed by atoms with Crippen LogP contribution in [0.15, 0.2) is 47.6 Å². The summed E-state index contributed by atoms with van der Waals surface area (Å²) in [7, 11) is 3.05. The molecular weight excluding hydrogens is 364 g/mol. The quantitative estimate of drug-likeness (QED) is 0.582. The molecule has 0 saturated heterocycles. The van der Waals surface area contributed by atoms with E-state index in [1.807, 2.05) is 0 Å². The van der Waals surface area contributed by atoms with Crippen LogP contribution < -0.4 is 14.2 Å². The van der Waals surface area contributed by atoms with Gasteiger partial charge in [-0.1, -0.05) is 0 Å². The van der Waals surface area contributed by atoms with E-state index in [9.17, 15) is 9.59 Å². The zero-order chi connectivity index (χ0) is 20.3.